The van der Waals surface area contributed by atoms with Crippen LogP contribution in [0.2, 0.25) is 0 Å². The SMILES string of the molecule is Cn1ncc2c(NCCc3ncn[nH]3)ncnc21. The Morgan fingerprint density at radius 2 is 2.22 bits per heavy atom. The summed E-state index contributed by atoms with van der Waals surface area (Å²) >= 11 is 0. The van der Waals surface area contributed by atoms with Crippen molar-refractivity contribution in [3.8, 4) is 0 Å². The van der Waals surface area contributed by atoms with E-state index < -0.39 is 0 Å². The summed E-state index contributed by atoms with van der Waals surface area (Å²) in [5, 5.41) is 14.9. The smallest absolute Gasteiger partial charge is 0.163 e. The summed E-state index contributed by atoms with van der Waals surface area (Å²) in [7, 11) is 1.85. The van der Waals surface area contributed by atoms with E-state index in [1.54, 1.807) is 10.9 Å². The molecular formula is C10H12N8. The monoisotopic (exact) mass is 244 g/mol. The third-order valence-corrected chi connectivity index (χ3v) is 2.65. The van der Waals surface area contributed by atoms with E-state index in [1.165, 1.54) is 12.7 Å². The summed E-state index contributed by atoms with van der Waals surface area (Å²) in [6, 6.07) is 0. The van der Waals surface area contributed by atoms with Crippen molar-refractivity contribution in [2.75, 3.05) is 11.9 Å². The first-order valence-corrected chi connectivity index (χ1v) is 5.55. The normalized spacial score (nSPS) is 10.9. The van der Waals surface area contributed by atoms with Gasteiger partial charge >= 0.3 is 0 Å². The van der Waals surface area contributed by atoms with Gasteiger partial charge in [0.25, 0.3) is 0 Å². The van der Waals surface area contributed by atoms with E-state index in [-0.39, 0.29) is 0 Å². The molecule has 18 heavy (non-hydrogen) atoms. The zero-order valence-corrected chi connectivity index (χ0v) is 9.83. The second-order valence-corrected chi connectivity index (χ2v) is 3.84. The Balaban J connectivity index is 1.74. The number of H-pyrrole nitrogens is 1. The Hall–Kier alpha value is -2.51. The van der Waals surface area contributed by atoms with E-state index in [0.717, 1.165) is 35.6 Å². The molecule has 2 N–H and O–H groups in total. The van der Waals surface area contributed by atoms with Crippen LogP contribution < -0.4 is 5.32 Å². The summed E-state index contributed by atoms with van der Waals surface area (Å²) in [4.78, 5) is 12.5. The predicted octanol–water partition coefficient (Wildman–Crippen LogP) is 0.136. The number of anilines is 1. The highest BCUT2D eigenvalue weighted by molar-refractivity contribution is 5.85. The molecule has 0 atom stereocenters. The number of aryl methyl sites for hydroxylation is 1. The molecule has 3 heterocycles. The van der Waals surface area contributed by atoms with Crippen LogP contribution in [0.5, 0.6) is 0 Å². The Morgan fingerprint density at radius 1 is 1.28 bits per heavy atom. The third kappa shape index (κ3) is 1.88. The second-order valence-electron chi connectivity index (χ2n) is 3.84. The molecule has 0 aliphatic carbocycles. The van der Waals surface area contributed by atoms with Crippen LogP contribution in [0.3, 0.4) is 0 Å². The molecule has 0 aliphatic heterocycles. The molecule has 0 fully saturated rings. The molecule has 8 heteroatoms. The number of hydrogen-bond donors (Lipinski definition) is 2. The standard InChI is InChI=1S/C10H12N8/c1-18-10-7(4-16-18)9(13-5-14-10)11-3-2-8-12-6-15-17-8/h4-6H,2-3H2,1H3,(H,11,13,14)(H,12,15,17). The molecule has 0 saturated carbocycles. The fraction of sp³-hybridized carbons (Fsp3) is 0.300. The lowest BCUT2D eigenvalue weighted by Gasteiger charge is -2.04. The number of fused-ring (bicyclic) bond motifs is 1. The highest BCUT2D eigenvalue weighted by Crippen LogP contribution is 2.17. The van der Waals surface area contributed by atoms with Crippen molar-refractivity contribution in [1.29, 1.82) is 0 Å². The van der Waals surface area contributed by atoms with Crippen LogP contribution in [-0.2, 0) is 13.5 Å². The summed E-state index contributed by atoms with van der Waals surface area (Å²) < 4.78 is 1.72. The van der Waals surface area contributed by atoms with E-state index in [4.69, 9.17) is 0 Å². The van der Waals surface area contributed by atoms with Gasteiger partial charge in [0.05, 0.1) is 11.6 Å². The quantitative estimate of drug-likeness (QED) is 0.677. The Morgan fingerprint density at radius 3 is 3.06 bits per heavy atom. The molecule has 0 amide bonds. The van der Waals surface area contributed by atoms with Crippen LogP contribution in [0, 0.1) is 0 Å². The number of aromatic nitrogens is 7. The van der Waals surface area contributed by atoms with Gasteiger partial charge in [0.15, 0.2) is 5.65 Å². The van der Waals surface area contributed by atoms with Gasteiger partial charge in [0.2, 0.25) is 0 Å². The maximum Gasteiger partial charge on any atom is 0.163 e. The molecule has 0 aromatic carbocycles. The third-order valence-electron chi connectivity index (χ3n) is 2.65. The van der Waals surface area contributed by atoms with Gasteiger partial charge in [-0.25, -0.2) is 15.0 Å². The number of aromatic amines is 1. The van der Waals surface area contributed by atoms with E-state index in [1.807, 2.05) is 7.05 Å². The molecule has 0 aliphatic rings. The van der Waals surface area contributed by atoms with E-state index in [9.17, 15) is 0 Å². The molecular weight excluding hydrogens is 232 g/mol. The number of hydrogen-bond acceptors (Lipinski definition) is 6. The second kappa shape index (κ2) is 4.40. The van der Waals surface area contributed by atoms with E-state index in [0.29, 0.717) is 0 Å². The Bertz CT molecular complexity index is 641. The van der Waals surface area contributed by atoms with Crippen molar-refractivity contribution in [1.82, 2.24) is 34.9 Å². The van der Waals surface area contributed by atoms with Crippen LogP contribution in [0.4, 0.5) is 5.82 Å². The van der Waals surface area contributed by atoms with Gasteiger partial charge in [-0.2, -0.15) is 10.2 Å². The molecule has 0 spiro atoms. The minimum atomic E-state index is 0.718. The van der Waals surface area contributed by atoms with Crippen molar-refractivity contribution in [3.05, 3.63) is 24.7 Å². The van der Waals surface area contributed by atoms with Crippen molar-refractivity contribution >= 4 is 16.9 Å². The zero-order valence-electron chi connectivity index (χ0n) is 9.83. The number of nitrogens with one attached hydrogen (secondary N) is 2. The molecule has 3 aromatic heterocycles. The summed E-state index contributed by atoms with van der Waals surface area (Å²) in [5.41, 5.74) is 0.812. The molecule has 0 unspecified atom stereocenters. The van der Waals surface area contributed by atoms with Crippen LogP contribution in [0.25, 0.3) is 11.0 Å². The lowest BCUT2D eigenvalue weighted by Crippen LogP contribution is -2.08. The van der Waals surface area contributed by atoms with Gasteiger partial charge in [-0.15, -0.1) is 0 Å². The molecule has 0 radical (unpaired) electrons. The Labute approximate surface area is 102 Å². The molecule has 0 bridgehead atoms. The first-order chi connectivity index (χ1) is 8.84. The average Bonchev–Trinajstić information content (AvgIpc) is 3.01. The molecule has 8 nitrogen and oxygen atoms in total. The maximum atomic E-state index is 4.22. The lowest BCUT2D eigenvalue weighted by molar-refractivity contribution is 0.785. The highest BCUT2D eigenvalue weighted by atomic mass is 15.3. The van der Waals surface area contributed by atoms with Crippen LogP contribution in [0.1, 0.15) is 5.82 Å². The van der Waals surface area contributed by atoms with Crippen LogP contribution in [0.15, 0.2) is 18.9 Å². The van der Waals surface area contributed by atoms with Crippen molar-refractivity contribution in [3.63, 3.8) is 0 Å². The van der Waals surface area contributed by atoms with Gasteiger partial charge in [-0.05, 0) is 0 Å². The molecule has 3 aromatic rings. The van der Waals surface area contributed by atoms with Crippen molar-refractivity contribution in [2.45, 2.75) is 6.42 Å². The summed E-state index contributed by atoms with van der Waals surface area (Å²) in [6.07, 6.45) is 5.54. The molecule has 3 rings (SSSR count). The minimum absolute atomic E-state index is 0.718. The summed E-state index contributed by atoms with van der Waals surface area (Å²) in [5.74, 6) is 1.63. The number of rotatable bonds is 4. The minimum Gasteiger partial charge on any atom is -0.369 e. The molecule has 92 valence electrons. The van der Waals surface area contributed by atoms with E-state index in [2.05, 4.69) is 35.6 Å². The van der Waals surface area contributed by atoms with Gasteiger partial charge in [-0.3, -0.25) is 9.78 Å². The topological polar surface area (TPSA) is 97.2 Å². The predicted molar refractivity (Wildman–Crippen MR) is 64.9 cm³/mol. The fourth-order valence-corrected chi connectivity index (χ4v) is 1.75. The van der Waals surface area contributed by atoms with Gasteiger partial charge < -0.3 is 5.32 Å². The van der Waals surface area contributed by atoms with Gasteiger partial charge in [0, 0.05) is 20.0 Å². The first kappa shape index (κ1) is 10.6. The average molecular weight is 244 g/mol. The first-order valence-electron chi connectivity index (χ1n) is 5.55. The highest BCUT2D eigenvalue weighted by Gasteiger charge is 2.07. The largest absolute Gasteiger partial charge is 0.369 e. The van der Waals surface area contributed by atoms with Crippen molar-refractivity contribution in [2.24, 2.45) is 7.05 Å². The lowest BCUT2D eigenvalue weighted by atomic mass is 10.3. The van der Waals surface area contributed by atoms with Crippen molar-refractivity contribution < 1.29 is 0 Å². The molecule has 0 saturated heterocycles. The fourth-order valence-electron chi connectivity index (χ4n) is 1.75. The van der Waals surface area contributed by atoms with Crippen LogP contribution in [-0.4, -0.2) is 41.5 Å². The Kier molecular flexibility index (Phi) is 2.60. The van der Waals surface area contributed by atoms with E-state index >= 15 is 0 Å². The number of nitrogens with zero attached hydrogens (tertiary/aromatic N) is 6. The maximum absolute atomic E-state index is 4.22. The van der Waals surface area contributed by atoms with Gasteiger partial charge in [0.1, 0.15) is 24.3 Å². The zero-order chi connectivity index (χ0) is 12.4. The summed E-state index contributed by atoms with van der Waals surface area (Å²) in [6.45, 7) is 0.718. The van der Waals surface area contributed by atoms with Crippen LogP contribution >= 0.6 is 0 Å². The van der Waals surface area contributed by atoms with Gasteiger partial charge in [-0.1, -0.05) is 0 Å².